The van der Waals surface area contributed by atoms with Crippen molar-refractivity contribution in [1.82, 2.24) is 0 Å². The van der Waals surface area contributed by atoms with Gasteiger partial charge in [0.25, 0.3) is 0 Å². The van der Waals surface area contributed by atoms with Crippen molar-refractivity contribution in [3.05, 3.63) is 59.2 Å². The number of nitrogens with one attached hydrogen (secondary N) is 1. The largest absolute Gasteiger partial charge is 0.416 e. The van der Waals surface area contributed by atoms with E-state index in [0.717, 1.165) is 46.0 Å². The van der Waals surface area contributed by atoms with Crippen LogP contribution in [0.25, 0.3) is 0 Å². The normalized spacial score (nSPS) is 13.1. The monoisotopic (exact) mass is 428 g/mol. The Balaban J connectivity index is 2.34. The summed E-state index contributed by atoms with van der Waals surface area (Å²) in [6.07, 6.45) is -3.30. The lowest BCUT2D eigenvalue weighted by Crippen LogP contribution is -2.47. The van der Waals surface area contributed by atoms with Gasteiger partial charge in [-0.2, -0.15) is 13.2 Å². The van der Waals surface area contributed by atoms with Crippen molar-refractivity contribution in [1.29, 1.82) is 0 Å². The van der Waals surface area contributed by atoms with E-state index in [9.17, 15) is 26.4 Å². The summed E-state index contributed by atoms with van der Waals surface area (Å²) in [6, 6.07) is 7.99. The second kappa shape index (κ2) is 8.44. The number of carbonyl (C=O) groups is 1. The van der Waals surface area contributed by atoms with Gasteiger partial charge in [-0.15, -0.1) is 0 Å². The number of anilines is 2. The van der Waals surface area contributed by atoms with Gasteiger partial charge in [-0.05, 0) is 67.8 Å². The molecule has 1 amide bonds. The lowest BCUT2D eigenvalue weighted by atomic mass is 10.1. The van der Waals surface area contributed by atoms with Gasteiger partial charge in [-0.25, -0.2) is 8.42 Å². The molecule has 0 spiro atoms. The van der Waals surface area contributed by atoms with Crippen LogP contribution in [-0.4, -0.2) is 26.6 Å². The minimum absolute atomic E-state index is 0.148. The molecular weight excluding hydrogens is 405 g/mol. The van der Waals surface area contributed by atoms with E-state index in [4.69, 9.17) is 0 Å². The van der Waals surface area contributed by atoms with Crippen LogP contribution in [0.3, 0.4) is 0 Å². The molecule has 1 N–H and O–H groups in total. The topological polar surface area (TPSA) is 66.5 Å². The summed E-state index contributed by atoms with van der Waals surface area (Å²) in [4.78, 5) is 12.8. The summed E-state index contributed by atoms with van der Waals surface area (Å²) >= 11 is 0. The Hall–Kier alpha value is -2.55. The minimum atomic E-state index is -4.48. The van der Waals surface area contributed by atoms with E-state index in [1.165, 1.54) is 0 Å². The number of rotatable bonds is 6. The van der Waals surface area contributed by atoms with Gasteiger partial charge in [0.2, 0.25) is 15.9 Å². The van der Waals surface area contributed by atoms with E-state index >= 15 is 0 Å². The van der Waals surface area contributed by atoms with Crippen LogP contribution >= 0.6 is 0 Å². The number of halogens is 3. The molecule has 0 aliphatic rings. The van der Waals surface area contributed by atoms with E-state index in [1.807, 2.05) is 13.8 Å². The van der Waals surface area contributed by atoms with Gasteiger partial charge in [0, 0.05) is 5.69 Å². The highest BCUT2D eigenvalue weighted by Crippen LogP contribution is 2.30. The molecule has 0 saturated heterocycles. The summed E-state index contributed by atoms with van der Waals surface area (Å²) in [5.41, 5.74) is 1.51. The van der Waals surface area contributed by atoms with Gasteiger partial charge >= 0.3 is 6.18 Å². The molecule has 0 aromatic heterocycles. The molecule has 9 heteroatoms. The first-order chi connectivity index (χ1) is 13.3. The predicted octanol–water partition coefficient (Wildman–Crippen LogP) is 4.51. The third kappa shape index (κ3) is 5.50. The highest BCUT2D eigenvalue weighted by atomic mass is 32.2. The van der Waals surface area contributed by atoms with Crippen molar-refractivity contribution < 1.29 is 26.4 Å². The molecule has 0 unspecified atom stereocenters. The Morgan fingerprint density at radius 2 is 1.66 bits per heavy atom. The van der Waals surface area contributed by atoms with Crippen LogP contribution in [0.4, 0.5) is 24.5 Å². The average molecular weight is 428 g/mol. The number of sulfonamides is 1. The summed E-state index contributed by atoms with van der Waals surface area (Å²) < 4.78 is 64.0. The fraction of sp³-hybridized carbons (Fsp3) is 0.350. The third-order valence-corrected chi connectivity index (χ3v) is 5.73. The van der Waals surface area contributed by atoms with E-state index < -0.39 is 33.7 Å². The van der Waals surface area contributed by atoms with Gasteiger partial charge in [0.1, 0.15) is 6.04 Å². The molecular formula is C20H23F3N2O3S. The molecule has 0 heterocycles. The Morgan fingerprint density at radius 3 is 2.10 bits per heavy atom. The molecule has 0 bridgehead atoms. The number of amides is 1. The molecule has 29 heavy (non-hydrogen) atoms. The smallest absolute Gasteiger partial charge is 0.324 e. The van der Waals surface area contributed by atoms with Gasteiger partial charge in [-0.1, -0.05) is 13.0 Å². The number of nitrogens with zero attached hydrogens (tertiary/aromatic N) is 1. The summed E-state index contributed by atoms with van der Waals surface area (Å²) in [7, 11) is -3.80. The first-order valence-corrected chi connectivity index (χ1v) is 10.7. The van der Waals surface area contributed by atoms with Crippen molar-refractivity contribution in [3.63, 3.8) is 0 Å². The minimum Gasteiger partial charge on any atom is -0.324 e. The number of carbonyl (C=O) groups excluding carboxylic acids is 1. The lowest BCUT2D eigenvalue weighted by Gasteiger charge is -2.30. The second-order valence-corrected chi connectivity index (χ2v) is 8.68. The highest BCUT2D eigenvalue weighted by molar-refractivity contribution is 7.92. The molecule has 0 radical (unpaired) electrons. The Morgan fingerprint density at radius 1 is 1.07 bits per heavy atom. The van der Waals surface area contributed by atoms with Gasteiger partial charge in [-0.3, -0.25) is 9.10 Å². The quantitative estimate of drug-likeness (QED) is 0.737. The zero-order valence-corrected chi connectivity index (χ0v) is 17.4. The summed E-state index contributed by atoms with van der Waals surface area (Å²) in [5.74, 6) is -0.629. The number of benzene rings is 2. The van der Waals surface area contributed by atoms with Gasteiger partial charge < -0.3 is 5.32 Å². The fourth-order valence-electron chi connectivity index (χ4n) is 2.89. The molecule has 2 aromatic carbocycles. The van der Waals surface area contributed by atoms with Crippen molar-refractivity contribution >= 4 is 27.3 Å². The van der Waals surface area contributed by atoms with Crippen molar-refractivity contribution in [2.75, 3.05) is 15.9 Å². The molecule has 0 aliphatic carbocycles. The second-order valence-electron chi connectivity index (χ2n) is 6.82. The first-order valence-electron chi connectivity index (χ1n) is 8.89. The fourth-order valence-corrected chi connectivity index (χ4v) is 4.09. The van der Waals surface area contributed by atoms with Crippen molar-refractivity contribution in [3.8, 4) is 0 Å². The molecule has 1 atom stereocenters. The first kappa shape index (κ1) is 22.7. The van der Waals surface area contributed by atoms with Crippen LogP contribution in [0, 0.1) is 13.8 Å². The maximum Gasteiger partial charge on any atom is 0.416 e. The zero-order chi connectivity index (χ0) is 22.0. The average Bonchev–Trinajstić information content (AvgIpc) is 2.60. The highest BCUT2D eigenvalue weighted by Gasteiger charge is 2.32. The van der Waals surface area contributed by atoms with E-state index in [2.05, 4.69) is 5.32 Å². The molecule has 158 valence electrons. The number of alkyl halides is 3. The van der Waals surface area contributed by atoms with E-state index in [1.54, 1.807) is 25.1 Å². The van der Waals surface area contributed by atoms with Crippen molar-refractivity contribution in [2.45, 2.75) is 39.4 Å². The van der Waals surface area contributed by atoms with Crippen LogP contribution < -0.4 is 9.62 Å². The van der Waals surface area contributed by atoms with E-state index in [0.29, 0.717) is 5.69 Å². The molecule has 2 aromatic rings. The molecule has 2 rings (SSSR count). The maximum absolute atomic E-state index is 12.8. The molecule has 0 saturated carbocycles. The molecule has 0 aliphatic heterocycles. The lowest BCUT2D eigenvalue weighted by molar-refractivity contribution is -0.137. The summed E-state index contributed by atoms with van der Waals surface area (Å²) in [6.45, 7) is 5.39. The zero-order valence-electron chi connectivity index (χ0n) is 16.5. The standard InChI is InChI=1S/C20H23F3N2O3S/c1-5-18(19(26)24-16-9-7-15(8-10-16)20(21,22)23)25(29(4,27)28)17-11-6-13(2)14(3)12-17/h6-12,18H,5H2,1-4H3,(H,24,26)/t18-/m0/s1. The number of hydrogen-bond donors (Lipinski definition) is 1. The Kier molecular flexibility index (Phi) is 6.62. The van der Waals surface area contributed by atoms with Crippen LogP contribution in [0.1, 0.15) is 30.0 Å². The van der Waals surface area contributed by atoms with Crippen LogP contribution in [-0.2, 0) is 21.0 Å². The molecule has 5 nitrogen and oxygen atoms in total. The maximum atomic E-state index is 12.8. The Labute approximate surface area is 168 Å². The summed E-state index contributed by atoms with van der Waals surface area (Å²) in [5, 5.41) is 2.51. The van der Waals surface area contributed by atoms with Crippen molar-refractivity contribution in [2.24, 2.45) is 0 Å². The Bertz CT molecular complexity index is 987. The van der Waals surface area contributed by atoms with Gasteiger partial charge in [0.05, 0.1) is 17.5 Å². The molecule has 0 fully saturated rings. The third-order valence-electron chi connectivity index (χ3n) is 4.55. The van der Waals surface area contributed by atoms with Gasteiger partial charge in [0.15, 0.2) is 0 Å². The number of aryl methyl sites for hydroxylation is 2. The SMILES string of the molecule is CC[C@@H](C(=O)Nc1ccc(C(F)(F)F)cc1)N(c1ccc(C)c(C)c1)S(C)(=O)=O. The van der Waals surface area contributed by atoms with Crippen LogP contribution in [0.2, 0.25) is 0 Å². The number of hydrogen-bond acceptors (Lipinski definition) is 3. The van der Waals surface area contributed by atoms with E-state index in [-0.39, 0.29) is 12.1 Å². The predicted molar refractivity (Wildman–Crippen MR) is 107 cm³/mol. The van der Waals surface area contributed by atoms with Crippen LogP contribution in [0.15, 0.2) is 42.5 Å². The van der Waals surface area contributed by atoms with Crippen LogP contribution in [0.5, 0.6) is 0 Å².